The van der Waals surface area contributed by atoms with Crippen LogP contribution in [-0.4, -0.2) is 56.4 Å². The van der Waals surface area contributed by atoms with Gasteiger partial charge in [-0.1, -0.05) is 29.3 Å². The molecule has 0 saturated carbocycles. The second-order valence-electron chi connectivity index (χ2n) is 4.76. The first-order valence-electron chi connectivity index (χ1n) is 6.85. The summed E-state index contributed by atoms with van der Waals surface area (Å²) in [5.74, 6) is -0.858. The zero-order chi connectivity index (χ0) is 17.4. The summed E-state index contributed by atoms with van der Waals surface area (Å²) in [7, 11) is 3.03. The van der Waals surface area contributed by atoms with Crippen molar-refractivity contribution in [3.05, 3.63) is 28.2 Å². The molecule has 0 heterocycles. The second kappa shape index (κ2) is 9.34. The Bertz CT molecular complexity index is 575. The van der Waals surface area contributed by atoms with Gasteiger partial charge in [-0.05, 0) is 12.1 Å². The normalized spacial score (nSPS) is 10.1. The number of nitrogens with two attached hydrogens (primary N) is 1. The van der Waals surface area contributed by atoms with Crippen LogP contribution in [0.2, 0.25) is 10.0 Å². The number of para-hydroxylation sites is 1. The molecule has 0 spiro atoms. The zero-order valence-corrected chi connectivity index (χ0v) is 14.4. The van der Waals surface area contributed by atoms with E-state index in [9.17, 15) is 14.4 Å². The third-order valence-electron chi connectivity index (χ3n) is 2.96. The van der Waals surface area contributed by atoms with E-state index in [1.54, 1.807) is 23.5 Å². The minimum atomic E-state index is -0.415. The van der Waals surface area contributed by atoms with E-state index in [4.69, 9.17) is 23.2 Å². The van der Waals surface area contributed by atoms with Gasteiger partial charge in [-0.3, -0.25) is 14.4 Å². The molecule has 0 aliphatic heterocycles. The van der Waals surface area contributed by atoms with Crippen LogP contribution in [0.5, 0.6) is 0 Å². The number of benzene rings is 1. The molecule has 0 aliphatic carbocycles. The number of carbonyl (C=O) groups excluding carboxylic acids is 3. The SMILES string of the molecule is CNC(=O)C[NH2+]CC(=O)N(C)CC(=O)Nc1c(Cl)cccc1Cl. The highest BCUT2D eigenvalue weighted by Crippen LogP contribution is 2.29. The number of amides is 3. The summed E-state index contributed by atoms with van der Waals surface area (Å²) in [5, 5.41) is 7.22. The lowest BCUT2D eigenvalue weighted by atomic mass is 10.3. The Morgan fingerprint density at radius 1 is 1.13 bits per heavy atom. The molecule has 0 radical (unpaired) electrons. The average Bonchev–Trinajstić information content (AvgIpc) is 2.50. The molecule has 0 fully saturated rings. The molecule has 9 heteroatoms. The molecule has 0 unspecified atom stereocenters. The van der Waals surface area contributed by atoms with Crippen LogP contribution in [0.15, 0.2) is 18.2 Å². The molecule has 7 nitrogen and oxygen atoms in total. The average molecular weight is 362 g/mol. The van der Waals surface area contributed by atoms with Gasteiger partial charge in [0.1, 0.15) is 0 Å². The van der Waals surface area contributed by atoms with Crippen LogP contribution < -0.4 is 16.0 Å². The van der Waals surface area contributed by atoms with Crippen LogP contribution in [0.4, 0.5) is 5.69 Å². The Kier molecular flexibility index (Phi) is 7.80. The lowest BCUT2D eigenvalue weighted by Gasteiger charge is -2.16. The summed E-state index contributed by atoms with van der Waals surface area (Å²) in [4.78, 5) is 36.1. The van der Waals surface area contributed by atoms with E-state index in [0.717, 1.165) is 0 Å². The molecule has 0 bridgehead atoms. The summed E-state index contributed by atoms with van der Waals surface area (Å²) in [6.07, 6.45) is 0. The quantitative estimate of drug-likeness (QED) is 0.622. The van der Waals surface area contributed by atoms with E-state index in [-0.39, 0.29) is 31.4 Å². The molecule has 1 rings (SSSR count). The molecule has 1 aromatic carbocycles. The smallest absolute Gasteiger partial charge is 0.277 e. The van der Waals surface area contributed by atoms with Gasteiger partial charge >= 0.3 is 0 Å². The van der Waals surface area contributed by atoms with Gasteiger partial charge in [-0.25, -0.2) is 0 Å². The largest absolute Gasteiger partial charge is 0.354 e. The number of halogens is 2. The van der Waals surface area contributed by atoms with E-state index < -0.39 is 5.91 Å². The summed E-state index contributed by atoms with van der Waals surface area (Å²) in [6.45, 7) is 0.0791. The summed E-state index contributed by atoms with van der Waals surface area (Å²) in [6, 6.07) is 4.87. The zero-order valence-electron chi connectivity index (χ0n) is 12.9. The number of carbonyl (C=O) groups is 3. The number of rotatable bonds is 7. The van der Waals surface area contributed by atoms with Crippen molar-refractivity contribution >= 4 is 46.6 Å². The number of nitrogens with one attached hydrogen (secondary N) is 2. The predicted molar refractivity (Wildman–Crippen MR) is 88.5 cm³/mol. The Balaban J connectivity index is 2.47. The third kappa shape index (κ3) is 6.43. The van der Waals surface area contributed by atoms with E-state index >= 15 is 0 Å². The van der Waals surface area contributed by atoms with Crippen molar-refractivity contribution in [1.82, 2.24) is 10.2 Å². The molecular weight excluding hydrogens is 343 g/mol. The lowest BCUT2D eigenvalue weighted by molar-refractivity contribution is -0.633. The maximum atomic E-state index is 12.0. The molecule has 4 N–H and O–H groups in total. The Hall–Kier alpha value is -1.83. The monoisotopic (exact) mass is 361 g/mol. The number of hydrogen-bond acceptors (Lipinski definition) is 3. The van der Waals surface area contributed by atoms with Crippen LogP contribution >= 0.6 is 23.2 Å². The minimum Gasteiger partial charge on any atom is -0.354 e. The van der Waals surface area contributed by atoms with Crippen LogP contribution in [-0.2, 0) is 14.4 Å². The molecule has 0 atom stereocenters. The van der Waals surface area contributed by atoms with Crippen LogP contribution in [0.3, 0.4) is 0 Å². The van der Waals surface area contributed by atoms with Crippen molar-refractivity contribution in [2.75, 3.05) is 39.0 Å². The lowest BCUT2D eigenvalue weighted by Crippen LogP contribution is -2.88. The van der Waals surface area contributed by atoms with E-state index in [1.807, 2.05) is 0 Å². The van der Waals surface area contributed by atoms with Gasteiger partial charge in [0.25, 0.3) is 11.8 Å². The molecule has 126 valence electrons. The highest BCUT2D eigenvalue weighted by Gasteiger charge is 2.16. The minimum absolute atomic E-state index is 0.0735. The molecule has 0 aliphatic rings. The van der Waals surface area contributed by atoms with Crippen molar-refractivity contribution in [2.45, 2.75) is 0 Å². The van der Waals surface area contributed by atoms with Gasteiger partial charge < -0.3 is 20.9 Å². The van der Waals surface area contributed by atoms with Gasteiger partial charge in [0, 0.05) is 14.1 Å². The molecule has 1 aromatic rings. The Morgan fingerprint density at radius 2 is 1.74 bits per heavy atom. The topological polar surface area (TPSA) is 95.1 Å². The number of quaternary nitrogens is 1. The first kappa shape index (κ1) is 19.2. The highest BCUT2D eigenvalue weighted by molar-refractivity contribution is 6.39. The van der Waals surface area contributed by atoms with E-state index in [2.05, 4.69) is 10.6 Å². The number of anilines is 1. The standard InChI is InChI=1S/C14H18Cl2N4O3/c1-17-11(21)6-18-7-13(23)20(2)8-12(22)19-14-9(15)4-3-5-10(14)16/h3-5,18H,6-8H2,1-2H3,(H,17,21)(H,19,22)/p+1. The first-order valence-corrected chi connectivity index (χ1v) is 7.60. The van der Waals surface area contributed by atoms with Crippen molar-refractivity contribution in [2.24, 2.45) is 0 Å². The van der Waals surface area contributed by atoms with Gasteiger partial charge in [0.15, 0.2) is 13.1 Å². The van der Waals surface area contributed by atoms with Crippen molar-refractivity contribution < 1.29 is 19.7 Å². The fourth-order valence-corrected chi connectivity index (χ4v) is 2.18. The molecule has 23 heavy (non-hydrogen) atoms. The van der Waals surface area contributed by atoms with Crippen molar-refractivity contribution in [3.63, 3.8) is 0 Å². The number of likely N-dealkylation sites (N-methyl/N-ethyl adjacent to an activating group) is 2. The fourth-order valence-electron chi connectivity index (χ4n) is 1.68. The maximum absolute atomic E-state index is 12.0. The predicted octanol–water partition coefficient (Wildman–Crippen LogP) is -0.300. The third-order valence-corrected chi connectivity index (χ3v) is 3.59. The van der Waals surface area contributed by atoms with Gasteiger partial charge in [0.2, 0.25) is 5.91 Å². The van der Waals surface area contributed by atoms with Gasteiger partial charge in [-0.15, -0.1) is 0 Å². The summed E-state index contributed by atoms with van der Waals surface area (Å²) >= 11 is 11.9. The van der Waals surface area contributed by atoms with Gasteiger partial charge in [-0.2, -0.15) is 0 Å². The number of nitrogens with zero attached hydrogens (tertiary/aromatic N) is 1. The van der Waals surface area contributed by atoms with Crippen LogP contribution in [0, 0.1) is 0 Å². The van der Waals surface area contributed by atoms with Crippen LogP contribution in [0.25, 0.3) is 0 Å². The highest BCUT2D eigenvalue weighted by atomic mass is 35.5. The number of hydrogen-bond donors (Lipinski definition) is 3. The van der Waals surface area contributed by atoms with E-state index in [1.165, 1.54) is 19.0 Å². The van der Waals surface area contributed by atoms with Gasteiger partial charge in [0.05, 0.1) is 22.3 Å². The molecular formula is C14H19Cl2N4O3+. The van der Waals surface area contributed by atoms with Crippen molar-refractivity contribution in [3.8, 4) is 0 Å². The Morgan fingerprint density at radius 3 is 2.30 bits per heavy atom. The van der Waals surface area contributed by atoms with Crippen molar-refractivity contribution in [1.29, 1.82) is 0 Å². The fraction of sp³-hybridized carbons (Fsp3) is 0.357. The Labute approximate surface area is 144 Å². The first-order chi connectivity index (χ1) is 10.8. The second-order valence-corrected chi connectivity index (χ2v) is 5.58. The summed E-state index contributed by atoms with van der Waals surface area (Å²) < 4.78 is 0. The molecule has 0 aromatic heterocycles. The summed E-state index contributed by atoms with van der Waals surface area (Å²) in [5.41, 5.74) is 0.313. The maximum Gasteiger partial charge on any atom is 0.277 e. The van der Waals surface area contributed by atoms with E-state index in [0.29, 0.717) is 15.7 Å². The van der Waals surface area contributed by atoms with Crippen LogP contribution in [0.1, 0.15) is 0 Å². The molecule has 0 saturated heterocycles. The molecule has 3 amide bonds.